The Kier molecular flexibility index (Phi) is 4.20. The number of nitrogens with one attached hydrogen (secondary N) is 1. The van der Waals surface area contributed by atoms with E-state index in [2.05, 4.69) is 5.32 Å². The lowest BCUT2D eigenvalue weighted by molar-refractivity contribution is -0.161. The zero-order valence-electron chi connectivity index (χ0n) is 8.59. The molecule has 0 aromatic rings. The molecule has 0 aromatic carbocycles. The van der Waals surface area contributed by atoms with Crippen LogP contribution in [0.25, 0.3) is 0 Å². The van der Waals surface area contributed by atoms with Crippen LogP contribution in [0.2, 0.25) is 0 Å². The van der Waals surface area contributed by atoms with E-state index in [0.717, 1.165) is 6.54 Å². The summed E-state index contributed by atoms with van der Waals surface area (Å²) in [4.78, 5) is 11.4. The standard InChI is InChI=1S/C9H17NO2.ClH/c1-6-5-10-7(6)8(11)12-9(2,3)4;/h6-7,10H,5H2,1-4H3;1H/t6-,7?;/m0./s1. The Morgan fingerprint density at radius 2 is 2.00 bits per heavy atom. The van der Waals surface area contributed by atoms with Gasteiger partial charge in [-0.15, -0.1) is 12.4 Å². The molecule has 0 spiro atoms. The summed E-state index contributed by atoms with van der Waals surface area (Å²) in [5, 5.41) is 3.04. The molecule has 1 aliphatic rings. The highest BCUT2D eigenvalue weighted by molar-refractivity contribution is 5.85. The molecular weight excluding hydrogens is 190 g/mol. The zero-order valence-corrected chi connectivity index (χ0v) is 9.40. The van der Waals surface area contributed by atoms with Crippen LogP contribution in [0.1, 0.15) is 27.7 Å². The highest BCUT2D eigenvalue weighted by Crippen LogP contribution is 2.17. The first-order valence-electron chi connectivity index (χ1n) is 4.36. The van der Waals surface area contributed by atoms with Crippen LogP contribution in [-0.2, 0) is 9.53 Å². The normalized spacial score (nSPS) is 27.1. The molecule has 78 valence electrons. The third-order valence-corrected chi connectivity index (χ3v) is 1.89. The van der Waals surface area contributed by atoms with E-state index in [9.17, 15) is 4.79 Å². The average Bonchev–Trinajstić information content (AvgIpc) is 1.79. The van der Waals surface area contributed by atoms with Crippen LogP contribution < -0.4 is 5.32 Å². The molecular formula is C9H18ClNO2. The predicted octanol–water partition coefficient (Wildman–Crippen LogP) is 1.36. The van der Waals surface area contributed by atoms with Crippen molar-refractivity contribution in [3.63, 3.8) is 0 Å². The number of carbonyl (C=O) groups is 1. The van der Waals surface area contributed by atoms with Crippen LogP contribution in [0, 0.1) is 5.92 Å². The van der Waals surface area contributed by atoms with Gasteiger partial charge in [-0.25, -0.2) is 0 Å². The van der Waals surface area contributed by atoms with Crippen LogP contribution in [0.3, 0.4) is 0 Å². The van der Waals surface area contributed by atoms with E-state index in [4.69, 9.17) is 4.74 Å². The Morgan fingerprint density at radius 1 is 1.46 bits per heavy atom. The molecule has 13 heavy (non-hydrogen) atoms. The van der Waals surface area contributed by atoms with Crippen molar-refractivity contribution in [2.24, 2.45) is 5.92 Å². The van der Waals surface area contributed by atoms with Crippen molar-refractivity contribution >= 4 is 18.4 Å². The summed E-state index contributed by atoms with van der Waals surface area (Å²) in [6.45, 7) is 8.62. The lowest BCUT2D eigenvalue weighted by Gasteiger charge is -2.35. The Hall–Kier alpha value is -0.280. The van der Waals surface area contributed by atoms with E-state index < -0.39 is 0 Å². The maximum absolute atomic E-state index is 11.4. The van der Waals surface area contributed by atoms with Crippen molar-refractivity contribution in [3.8, 4) is 0 Å². The van der Waals surface area contributed by atoms with Crippen LogP contribution in [0.5, 0.6) is 0 Å². The lowest BCUT2D eigenvalue weighted by atomic mass is 9.94. The molecule has 1 unspecified atom stereocenters. The monoisotopic (exact) mass is 207 g/mol. The van der Waals surface area contributed by atoms with Crippen molar-refractivity contribution in [1.82, 2.24) is 5.32 Å². The van der Waals surface area contributed by atoms with Crippen molar-refractivity contribution in [2.75, 3.05) is 6.54 Å². The van der Waals surface area contributed by atoms with Crippen LogP contribution in [0.15, 0.2) is 0 Å². The van der Waals surface area contributed by atoms with E-state index in [0.29, 0.717) is 5.92 Å². The number of hydrogen-bond acceptors (Lipinski definition) is 3. The second-order valence-electron chi connectivity index (χ2n) is 4.40. The first-order chi connectivity index (χ1) is 5.40. The summed E-state index contributed by atoms with van der Waals surface area (Å²) in [6.07, 6.45) is 0. The van der Waals surface area contributed by atoms with Gasteiger partial charge in [-0.3, -0.25) is 4.79 Å². The Bertz CT molecular complexity index is 189. The number of esters is 1. The fraction of sp³-hybridized carbons (Fsp3) is 0.889. The maximum atomic E-state index is 11.4. The molecule has 3 nitrogen and oxygen atoms in total. The van der Waals surface area contributed by atoms with Gasteiger partial charge in [0, 0.05) is 6.54 Å². The van der Waals surface area contributed by atoms with Gasteiger partial charge in [0.25, 0.3) is 0 Å². The van der Waals surface area contributed by atoms with Crippen molar-refractivity contribution in [2.45, 2.75) is 39.3 Å². The van der Waals surface area contributed by atoms with Crippen molar-refractivity contribution in [1.29, 1.82) is 0 Å². The highest BCUT2D eigenvalue weighted by atomic mass is 35.5. The summed E-state index contributed by atoms with van der Waals surface area (Å²) in [5.41, 5.74) is -0.367. The Balaban J connectivity index is 0.00000144. The summed E-state index contributed by atoms with van der Waals surface area (Å²) in [5.74, 6) is 0.293. The average molecular weight is 208 g/mol. The minimum atomic E-state index is -0.367. The van der Waals surface area contributed by atoms with Gasteiger partial charge in [0.2, 0.25) is 0 Å². The zero-order chi connectivity index (χ0) is 9.35. The maximum Gasteiger partial charge on any atom is 0.323 e. The summed E-state index contributed by atoms with van der Waals surface area (Å²) >= 11 is 0. The number of rotatable bonds is 1. The molecule has 0 bridgehead atoms. The quantitative estimate of drug-likeness (QED) is 0.660. The van der Waals surface area contributed by atoms with Gasteiger partial charge >= 0.3 is 5.97 Å². The molecule has 1 saturated heterocycles. The number of ether oxygens (including phenoxy) is 1. The van der Waals surface area contributed by atoms with E-state index in [-0.39, 0.29) is 30.0 Å². The molecule has 0 aliphatic carbocycles. The van der Waals surface area contributed by atoms with Crippen molar-refractivity contribution < 1.29 is 9.53 Å². The second-order valence-corrected chi connectivity index (χ2v) is 4.40. The van der Waals surface area contributed by atoms with Gasteiger partial charge in [0.05, 0.1) is 0 Å². The molecule has 0 saturated carbocycles. The van der Waals surface area contributed by atoms with Crippen LogP contribution in [-0.4, -0.2) is 24.2 Å². The molecule has 1 N–H and O–H groups in total. The van der Waals surface area contributed by atoms with Gasteiger partial charge < -0.3 is 10.1 Å². The fourth-order valence-electron chi connectivity index (χ4n) is 1.15. The molecule has 0 radical (unpaired) electrons. The second kappa shape index (κ2) is 4.29. The fourth-order valence-corrected chi connectivity index (χ4v) is 1.15. The molecule has 1 aliphatic heterocycles. The molecule has 0 aromatic heterocycles. The van der Waals surface area contributed by atoms with Crippen LogP contribution >= 0.6 is 12.4 Å². The first kappa shape index (κ1) is 12.7. The third kappa shape index (κ3) is 3.53. The van der Waals surface area contributed by atoms with Crippen LogP contribution in [0.4, 0.5) is 0 Å². The number of halogens is 1. The smallest absolute Gasteiger partial charge is 0.323 e. The molecule has 1 fully saturated rings. The van der Waals surface area contributed by atoms with Gasteiger partial charge in [0.1, 0.15) is 11.6 Å². The number of carbonyl (C=O) groups excluding carboxylic acids is 1. The first-order valence-corrected chi connectivity index (χ1v) is 4.36. The summed E-state index contributed by atoms with van der Waals surface area (Å²) in [6, 6.07) is -0.0794. The lowest BCUT2D eigenvalue weighted by Crippen LogP contribution is -2.57. The Morgan fingerprint density at radius 3 is 2.23 bits per heavy atom. The molecule has 1 rings (SSSR count). The number of hydrogen-bond donors (Lipinski definition) is 1. The molecule has 2 atom stereocenters. The Labute approximate surface area is 85.6 Å². The van der Waals surface area contributed by atoms with Crippen molar-refractivity contribution in [3.05, 3.63) is 0 Å². The van der Waals surface area contributed by atoms with Gasteiger partial charge in [-0.1, -0.05) is 6.92 Å². The largest absolute Gasteiger partial charge is 0.459 e. The van der Waals surface area contributed by atoms with Gasteiger partial charge in [-0.05, 0) is 26.7 Å². The van der Waals surface area contributed by atoms with E-state index in [1.165, 1.54) is 0 Å². The molecule has 0 amide bonds. The minimum absolute atomic E-state index is 0. The minimum Gasteiger partial charge on any atom is -0.459 e. The molecule has 1 heterocycles. The summed E-state index contributed by atoms with van der Waals surface area (Å²) < 4.78 is 5.21. The van der Waals surface area contributed by atoms with Gasteiger partial charge in [0.15, 0.2) is 0 Å². The summed E-state index contributed by atoms with van der Waals surface area (Å²) in [7, 11) is 0. The topological polar surface area (TPSA) is 38.3 Å². The van der Waals surface area contributed by atoms with E-state index in [1.807, 2.05) is 27.7 Å². The molecule has 4 heteroatoms. The van der Waals surface area contributed by atoms with Gasteiger partial charge in [-0.2, -0.15) is 0 Å². The van der Waals surface area contributed by atoms with E-state index in [1.54, 1.807) is 0 Å². The van der Waals surface area contributed by atoms with E-state index >= 15 is 0 Å². The predicted molar refractivity (Wildman–Crippen MR) is 54.0 cm³/mol. The SMILES string of the molecule is C[C@H]1CNC1C(=O)OC(C)(C)C.Cl. The third-order valence-electron chi connectivity index (χ3n) is 1.89. The highest BCUT2D eigenvalue weighted by Gasteiger charge is 2.35.